The van der Waals surface area contributed by atoms with Gasteiger partial charge in [-0.15, -0.1) is 0 Å². The van der Waals surface area contributed by atoms with Crippen LogP contribution in [-0.4, -0.2) is 16.6 Å². The van der Waals surface area contributed by atoms with Crippen LogP contribution >= 0.6 is 0 Å². The van der Waals surface area contributed by atoms with Crippen LogP contribution in [0.2, 0.25) is 0 Å². The molecule has 2 aromatic carbocycles. The molecule has 2 N–H and O–H groups in total. The zero-order chi connectivity index (χ0) is 13.4. The molecule has 0 spiro atoms. The lowest BCUT2D eigenvalue weighted by molar-refractivity contribution is 0.288. The number of para-hydroxylation sites is 2. The molecule has 0 radical (unpaired) electrons. The van der Waals surface area contributed by atoms with Crippen LogP contribution in [-0.2, 0) is 6.42 Å². The van der Waals surface area contributed by atoms with E-state index < -0.39 is 0 Å². The van der Waals surface area contributed by atoms with Crippen molar-refractivity contribution in [3.05, 3.63) is 48.0 Å². The third-order valence-electron chi connectivity index (χ3n) is 3.56. The van der Waals surface area contributed by atoms with E-state index in [4.69, 9.17) is 4.74 Å². The van der Waals surface area contributed by atoms with Gasteiger partial charge < -0.3 is 15.0 Å². The van der Waals surface area contributed by atoms with E-state index in [0.29, 0.717) is 0 Å². The molecule has 4 rings (SSSR count). The SMILES string of the molecule is c1ccc2[nH]c(Nc3ccc4c(c3)CCCO4)nc2c1. The maximum atomic E-state index is 5.63. The zero-order valence-electron chi connectivity index (χ0n) is 11.0. The fourth-order valence-corrected chi connectivity index (χ4v) is 2.59. The van der Waals surface area contributed by atoms with E-state index in [-0.39, 0.29) is 0 Å². The number of hydrogen-bond donors (Lipinski definition) is 2. The van der Waals surface area contributed by atoms with E-state index in [1.165, 1.54) is 5.56 Å². The lowest BCUT2D eigenvalue weighted by Crippen LogP contribution is -2.08. The van der Waals surface area contributed by atoms with E-state index in [9.17, 15) is 0 Å². The molecule has 0 aliphatic carbocycles. The summed E-state index contributed by atoms with van der Waals surface area (Å²) in [4.78, 5) is 7.79. The van der Waals surface area contributed by atoms with Gasteiger partial charge in [0, 0.05) is 5.69 Å². The summed E-state index contributed by atoms with van der Waals surface area (Å²) in [5.41, 5.74) is 4.30. The molecule has 0 fully saturated rings. The van der Waals surface area contributed by atoms with Crippen LogP contribution in [0.15, 0.2) is 42.5 Å². The number of nitrogens with zero attached hydrogens (tertiary/aromatic N) is 1. The van der Waals surface area contributed by atoms with Crippen molar-refractivity contribution in [3.63, 3.8) is 0 Å². The lowest BCUT2D eigenvalue weighted by Gasteiger charge is -2.17. The summed E-state index contributed by atoms with van der Waals surface area (Å²) in [5, 5.41) is 3.32. The molecule has 0 bridgehead atoms. The van der Waals surface area contributed by atoms with Crippen molar-refractivity contribution < 1.29 is 4.74 Å². The summed E-state index contributed by atoms with van der Waals surface area (Å²) in [6, 6.07) is 14.2. The van der Waals surface area contributed by atoms with Crippen molar-refractivity contribution >= 4 is 22.7 Å². The molecule has 0 atom stereocenters. The molecule has 2 heterocycles. The van der Waals surface area contributed by atoms with Crippen LogP contribution in [0.25, 0.3) is 11.0 Å². The van der Waals surface area contributed by atoms with Gasteiger partial charge in [-0.1, -0.05) is 12.1 Å². The van der Waals surface area contributed by atoms with E-state index >= 15 is 0 Å². The van der Waals surface area contributed by atoms with Crippen LogP contribution < -0.4 is 10.1 Å². The van der Waals surface area contributed by atoms with E-state index in [2.05, 4.69) is 21.4 Å². The monoisotopic (exact) mass is 265 g/mol. The molecule has 1 aliphatic rings. The Bertz CT molecular complexity index is 730. The Morgan fingerprint density at radius 2 is 2.10 bits per heavy atom. The molecule has 1 aromatic heterocycles. The predicted molar refractivity (Wildman–Crippen MR) is 79.6 cm³/mol. The summed E-state index contributed by atoms with van der Waals surface area (Å²) in [6.07, 6.45) is 2.16. The van der Waals surface area contributed by atoms with Crippen LogP contribution in [0, 0.1) is 0 Å². The number of H-pyrrole nitrogens is 1. The molecule has 0 amide bonds. The largest absolute Gasteiger partial charge is 0.493 e. The average molecular weight is 265 g/mol. The molecule has 0 unspecified atom stereocenters. The van der Waals surface area contributed by atoms with Crippen LogP contribution in [0.1, 0.15) is 12.0 Å². The molecule has 4 heteroatoms. The molecule has 1 aliphatic heterocycles. The number of ether oxygens (including phenoxy) is 1. The van der Waals surface area contributed by atoms with Crippen LogP contribution in [0.4, 0.5) is 11.6 Å². The summed E-state index contributed by atoms with van der Waals surface area (Å²) in [5.74, 6) is 1.77. The predicted octanol–water partition coefficient (Wildman–Crippen LogP) is 3.63. The van der Waals surface area contributed by atoms with Gasteiger partial charge in [0.1, 0.15) is 5.75 Å². The Morgan fingerprint density at radius 3 is 3.05 bits per heavy atom. The van der Waals surface area contributed by atoms with Crippen molar-refractivity contribution in [3.8, 4) is 5.75 Å². The maximum absolute atomic E-state index is 5.63. The van der Waals surface area contributed by atoms with Gasteiger partial charge in [0.25, 0.3) is 0 Å². The molecule has 0 saturated carbocycles. The summed E-state index contributed by atoms with van der Waals surface area (Å²) < 4.78 is 5.63. The first-order chi connectivity index (χ1) is 9.88. The number of fused-ring (bicyclic) bond motifs is 2. The minimum atomic E-state index is 0.767. The Labute approximate surface area is 116 Å². The Kier molecular flexibility index (Phi) is 2.59. The molecule has 4 nitrogen and oxygen atoms in total. The number of anilines is 2. The summed E-state index contributed by atoms with van der Waals surface area (Å²) >= 11 is 0. The van der Waals surface area contributed by atoms with Crippen molar-refractivity contribution in [2.75, 3.05) is 11.9 Å². The highest BCUT2D eigenvalue weighted by Crippen LogP contribution is 2.28. The van der Waals surface area contributed by atoms with Crippen LogP contribution in [0.5, 0.6) is 5.75 Å². The highest BCUT2D eigenvalue weighted by atomic mass is 16.5. The number of imidazole rings is 1. The molecule has 100 valence electrons. The van der Waals surface area contributed by atoms with Gasteiger partial charge in [-0.25, -0.2) is 4.98 Å². The van der Waals surface area contributed by atoms with Crippen molar-refractivity contribution in [2.24, 2.45) is 0 Å². The molecule has 0 saturated heterocycles. The number of aryl methyl sites for hydroxylation is 1. The number of benzene rings is 2. The van der Waals surface area contributed by atoms with Crippen molar-refractivity contribution in [1.82, 2.24) is 9.97 Å². The first-order valence-electron chi connectivity index (χ1n) is 6.86. The zero-order valence-corrected chi connectivity index (χ0v) is 11.0. The average Bonchev–Trinajstić information content (AvgIpc) is 2.89. The van der Waals surface area contributed by atoms with Gasteiger partial charge in [0.2, 0.25) is 5.95 Å². The van der Waals surface area contributed by atoms with Gasteiger partial charge in [-0.3, -0.25) is 0 Å². The standard InChI is InChI=1S/C16H15N3O/c1-2-6-14-13(5-1)18-16(19-14)17-12-7-8-15-11(10-12)4-3-9-20-15/h1-2,5-8,10H,3-4,9H2,(H2,17,18,19). The normalized spacial score (nSPS) is 13.8. The lowest BCUT2D eigenvalue weighted by atomic mass is 10.1. The molecule has 3 aromatic rings. The van der Waals surface area contributed by atoms with Gasteiger partial charge in [-0.05, 0) is 48.7 Å². The van der Waals surface area contributed by atoms with Crippen molar-refractivity contribution in [1.29, 1.82) is 0 Å². The fourth-order valence-electron chi connectivity index (χ4n) is 2.59. The van der Waals surface area contributed by atoms with Crippen LogP contribution in [0.3, 0.4) is 0 Å². The molecular weight excluding hydrogens is 250 g/mol. The minimum absolute atomic E-state index is 0.767. The van der Waals surface area contributed by atoms with E-state index in [0.717, 1.165) is 47.9 Å². The van der Waals surface area contributed by atoms with E-state index in [1.54, 1.807) is 0 Å². The number of hydrogen-bond acceptors (Lipinski definition) is 3. The third-order valence-corrected chi connectivity index (χ3v) is 3.56. The molecule has 20 heavy (non-hydrogen) atoms. The first-order valence-corrected chi connectivity index (χ1v) is 6.86. The first kappa shape index (κ1) is 11.3. The quantitative estimate of drug-likeness (QED) is 0.744. The Balaban J connectivity index is 1.65. The molecular formula is C16H15N3O. The minimum Gasteiger partial charge on any atom is -0.493 e. The number of nitrogens with one attached hydrogen (secondary N) is 2. The maximum Gasteiger partial charge on any atom is 0.205 e. The Morgan fingerprint density at radius 1 is 1.15 bits per heavy atom. The van der Waals surface area contributed by atoms with Gasteiger partial charge >= 0.3 is 0 Å². The van der Waals surface area contributed by atoms with Crippen molar-refractivity contribution in [2.45, 2.75) is 12.8 Å². The number of aromatic nitrogens is 2. The van der Waals surface area contributed by atoms with Gasteiger partial charge in [-0.2, -0.15) is 0 Å². The highest BCUT2D eigenvalue weighted by Gasteiger charge is 2.11. The second kappa shape index (κ2) is 4.56. The third kappa shape index (κ3) is 1.99. The second-order valence-electron chi connectivity index (χ2n) is 5.00. The highest BCUT2D eigenvalue weighted by molar-refractivity contribution is 5.78. The summed E-state index contributed by atoms with van der Waals surface area (Å²) in [7, 11) is 0. The topological polar surface area (TPSA) is 49.9 Å². The number of rotatable bonds is 2. The number of aromatic amines is 1. The second-order valence-corrected chi connectivity index (χ2v) is 5.00. The van der Waals surface area contributed by atoms with Gasteiger partial charge in [0.15, 0.2) is 0 Å². The Hall–Kier alpha value is -2.49. The van der Waals surface area contributed by atoms with E-state index in [1.807, 2.05) is 36.4 Å². The summed E-state index contributed by atoms with van der Waals surface area (Å²) in [6.45, 7) is 0.823. The van der Waals surface area contributed by atoms with Gasteiger partial charge in [0.05, 0.1) is 17.6 Å². The smallest absolute Gasteiger partial charge is 0.205 e. The fraction of sp³-hybridized carbons (Fsp3) is 0.188.